The first-order chi connectivity index (χ1) is 12.2. The molecule has 124 valence electrons. The van der Waals surface area contributed by atoms with Crippen LogP contribution in [0.4, 0.5) is 14.5 Å². The number of hydrazone groups is 1. The minimum absolute atomic E-state index is 0.0989. The van der Waals surface area contributed by atoms with E-state index in [-0.39, 0.29) is 17.7 Å². The molecule has 1 aliphatic heterocycles. The number of halogens is 2. The Balaban J connectivity index is 1.75. The van der Waals surface area contributed by atoms with Crippen LogP contribution in [0.3, 0.4) is 0 Å². The van der Waals surface area contributed by atoms with Crippen molar-refractivity contribution in [2.75, 3.05) is 5.01 Å². The highest BCUT2D eigenvalue weighted by atomic mass is 19.1. The fraction of sp³-hybridized carbons (Fsp3) is 0.0952. The zero-order valence-electron chi connectivity index (χ0n) is 13.4. The number of nitrogens with zero attached hydrogens (tertiary/aromatic N) is 2. The smallest absolute Gasteiger partial charge is 0.123 e. The second-order valence-corrected chi connectivity index (χ2v) is 6.01. The Kier molecular flexibility index (Phi) is 4.02. The van der Waals surface area contributed by atoms with Gasteiger partial charge in [-0.3, -0.25) is 5.01 Å². The van der Waals surface area contributed by atoms with Crippen LogP contribution in [0.1, 0.15) is 23.6 Å². The molecule has 3 aromatic rings. The minimum atomic E-state index is -0.274. The zero-order valence-corrected chi connectivity index (χ0v) is 13.4. The van der Waals surface area contributed by atoms with Crippen molar-refractivity contribution in [3.05, 3.63) is 102 Å². The summed E-state index contributed by atoms with van der Waals surface area (Å²) in [6.45, 7) is 0. The van der Waals surface area contributed by atoms with E-state index >= 15 is 0 Å². The van der Waals surface area contributed by atoms with Gasteiger partial charge < -0.3 is 0 Å². The molecule has 0 aliphatic carbocycles. The highest BCUT2D eigenvalue weighted by molar-refractivity contribution is 6.03. The third-order valence-corrected chi connectivity index (χ3v) is 4.34. The van der Waals surface area contributed by atoms with Crippen molar-refractivity contribution in [1.29, 1.82) is 0 Å². The van der Waals surface area contributed by atoms with Crippen LogP contribution in [-0.2, 0) is 0 Å². The van der Waals surface area contributed by atoms with Crippen LogP contribution in [0.25, 0.3) is 0 Å². The van der Waals surface area contributed by atoms with E-state index in [4.69, 9.17) is 5.10 Å². The van der Waals surface area contributed by atoms with Crippen molar-refractivity contribution < 1.29 is 8.78 Å². The summed E-state index contributed by atoms with van der Waals surface area (Å²) >= 11 is 0. The van der Waals surface area contributed by atoms with Gasteiger partial charge in [-0.1, -0.05) is 42.5 Å². The molecule has 0 radical (unpaired) electrons. The van der Waals surface area contributed by atoms with Gasteiger partial charge >= 0.3 is 0 Å². The Bertz CT molecular complexity index is 905. The first-order valence-electron chi connectivity index (χ1n) is 8.14. The minimum Gasteiger partial charge on any atom is -0.257 e. The van der Waals surface area contributed by atoms with E-state index in [1.165, 1.54) is 18.2 Å². The number of rotatable bonds is 3. The summed E-state index contributed by atoms with van der Waals surface area (Å²) in [5.74, 6) is -0.537. The lowest BCUT2D eigenvalue weighted by atomic mass is 9.98. The average Bonchev–Trinajstić information content (AvgIpc) is 3.08. The average molecular weight is 334 g/mol. The van der Waals surface area contributed by atoms with Crippen molar-refractivity contribution in [3.63, 3.8) is 0 Å². The van der Waals surface area contributed by atoms with Gasteiger partial charge in [0.1, 0.15) is 11.6 Å². The van der Waals surface area contributed by atoms with E-state index in [1.807, 2.05) is 41.4 Å². The summed E-state index contributed by atoms with van der Waals surface area (Å²) in [6.07, 6.45) is 0.629. The Morgan fingerprint density at radius 3 is 2.28 bits per heavy atom. The molecule has 0 bridgehead atoms. The SMILES string of the molecule is Fc1ccc(C2=NN(c3ccccc3)C(c3cccc(F)c3)C2)cc1. The zero-order chi connectivity index (χ0) is 17.2. The summed E-state index contributed by atoms with van der Waals surface area (Å²) in [5.41, 5.74) is 3.54. The Morgan fingerprint density at radius 1 is 0.800 bits per heavy atom. The fourth-order valence-electron chi connectivity index (χ4n) is 3.12. The van der Waals surface area contributed by atoms with Gasteiger partial charge in [0, 0.05) is 6.42 Å². The van der Waals surface area contributed by atoms with Gasteiger partial charge in [0.2, 0.25) is 0 Å². The number of anilines is 1. The number of benzene rings is 3. The summed E-state index contributed by atoms with van der Waals surface area (Å²) in [4.78, 5) is 0. The summed E-state index contributed by atoms with van der Waals surface area (Å²) in [7, 11) is 0. The maximum atomic E-state index is 13.7. The quantitative estimate of drug-likeness (QED) is 0.633. The first kappa shape index (κ1) is 15.5. The molecule has 3 aromatic carbocycles. The van der Waals surface area contributed by atoms with Gasteiger partial charge in [0.15, 0.2) is 0 Å². The van der Waals surface area contributed by atoms with E-state index in [0.29, 0.717) is 6.42 Å². The number of hydrogen-bond acceptors (Lipinski definition) is 2. The molecule has 25 heavy (non-hydrogen) atoms. The van der Waals surface area contributed by atoms with Crippen molar-refractivity contribution in [3.8, 4) is 0 Å². The highest BCUT2D eigenvalue weighted by Crippen LogP contribution is 2.36. The monoisotopic (exact) mass is 334 g/mol. The van der Waals surface area contributed by atoms with Crippen LogP contribution in [0.2, 0.25) is 0 Å². The molecule has 0 N–H and O–H groups in total. The van der Waals surface area contributed by atoms with Crippen molar-refractivity contribution >= 4 is 11.4 Å². The lowest BCUT2D eigenvalue weighted by Crippen LogP contribution is -2.18. The van der Waals surface area contributed by atoms with Gasteiger partial charge in [-0.25, -0.2) is 8.78 Å². The lowest BCUT2D eigenvalue weighted by Gasteiger charge is -2.24. The molecule has 1 heterocycles. The molecule has 0 aromatic heterocycles. The maximum absolute atomic E-state index is 13.7. The molecule has 1 unspecified atom stereocenters. The second kappa shape index (κ2) is 6.48. The fourth-order valence-corrected chi connectivity index (χ4v) is 3.12. The van der Waals surface area contributed by atoms with Gasteiger partial charge in [-0.15, -0.1) is 0 Å². The summed E-state index contributed by atoms with van der Waals surface area (Å²) in [6, 6.07) is 22.6. The predicted molar refractivity (Wildman–Crippen MR) is 95.6 cm³/mol. The molecule has 2 nitrogen and oxygen atoms in total. The predicted octanol–water partition coefficient (Wildman–Crippen LogP) is 5.32. The summed E-state index contributed by atoms with van der Waals surface area (Å²) in [5, 5.41) is 6.66. The molecule has 0 saturated heterocycles. The third-order valence-electron chi connectivity index (χ3n) is 4.34. The molecular formula is C21H16F2N2. The molecule has 4 heteroatoms. The van der Waals surface area contributed by atoms with Crippen LogP contribution in [0.5, 0.6) is 0 Å². The first-order valence-corrected chi connectivity index (χ1v) is 8.14. The summed E-state index contributed by atoms with van der Waals surface area (Å²) < 4.78 is 26.9. The molecule has 0 amide bonds. The van der Waals surface area contributed by atoms with Crippen LogP contribution in [0.15, 0.2) is 84.0 Å². The molecule has 1 aliphatic rings. The number of hydrogen-bond donors (Lipinski definition) is 0. The van der Waals surface area contributed by atoms with Crippen LogP contribution in [-0.4, -0.2) is 5.71 Å². The van der Waals surface area contributed by atoms with Crippen molar-refractivity contribution in [2.45, 2.75) is 12.5 Å². The van der Waals surface area contributed by atoms with Gasteiger partial charge in [-0.2, -0.15) is 5.10 Å². The molecular weight excluding hydrogens is 318 g/mol. The van der Waals surface area contributed by atoms with E-state index in [1.54, 1.807) is 24.3 Å². The lowest BCUT2D eigenvalue weighted by molar-refractivity contribution is 0.618. The van der Waals surface area contributed by atoms with E-state index in [0.717, 1.165) is 22.5 Å². The maximum Gasteiger partial charge on any atom is 0.123 e. The largest absolute Gasteiger partial charge is 0.257 e. The number of para-hydroxylation sites is 1. The Morgan fingerprint density at radius 2 is 1.56 bits per heavy atom. The third kappa shape index (κ3) is 3.15. The van der Waals surface area contributed by atoms with Gasteiger partial charge in [0.25, 0.3) is 0 Å². The normalized spacial score (nSPS) is 16.8. The van der Waals surface area contributed by atoms with Crippen molar-refractivity contribution in [1.82, 2.24) is 0 Å². The Hall–Kier alpha value is -3.01. The standard InChI is InChI=1S/C21H16F2N2/c22-17-11-9-15(10-12-17)20-14-21(16-5-4-6-18(23)13-16)25(24-20)19-7-2-1-3-8-19/h1-13,21H,14H2. The van der Waals surface area contributed by atoms with Gasteiger partial charge in [0.05, 0.1) is 17.4 Å². The molecule has 0 spiro atoms. The Labute approximate surface area is 145 Å². The van der Waals surface area contributed by atoms with Crippen LogP contribution < -0.4 is 5.01 Å². The van der Waals surface area contributed by atoms with Crippen LogP contribution >= 0.6 is 0 Å². The topological polar surface area (TPSA) is 15.6 Å². The van der Waals surface area contributed by atoms with E-state index in [2.05, 4.69) is 0 Å². The van der Waals surface area contributed by atoms with Gasteiger partial charge in [-0.05, 0) is 47.5 Å². The molecule has 1 atom stereocenters. The van der Waals surface area contributed by atoms with Crippen LogP contribution in [0, 0.1) is 11.6 Å². The van der Waals surface area contributed by atoms with E-state index in [9.17, 15) is 8.78 Å². The molecule has 4 rings (SSSR count). The van der Waals surface area contributed by atoms with E-state index < -0.39 is 0 Å². The highest BCUT2D eigenvalue weighted by Gasteiger charge is 2.30. The second-order valence-electron chi connectivity index (χ2n) is 6.01. The molecule has 0 fully saturated rings. The molecule has 0 saturated carbocycles. The van der Waals surface area contributed by atoms with Crippen molar-refractivity contribution in [2.24, 2.45) is 5.10 Å².